The molecular weight excluding hydrogens is 407 g/mol. The van der Waals surface area contributed by atoms with E-state index in [0.717, 1.165) is 17.7 Å². The van der Waals surface area contributed by atoms with E-state index in [1.54, 1.807) is 0 Å². The Morgan fingerprint density at radius 1 is 1.50 bits per heavy atom. The molecule has 1 aromatic carbocycles. The quantitative estimate of drug-likeness (QED) is 0.434. The standard InChI is InChI=1S/C14H15Br2ClN2O/c1-3-11(9-5-4-6-10(17)7-9)18-19-12(20)13(2)8-14(13,15)16/h4-7H,3,8H2,1-2H3,(H,19,20)/b18-11-/t13-/m0/s1. The minimum atomic E-state index is -0.469. The summed E-state index contributed by atoms with van der Waals surface area (Å²) in [6.45, 7) is 3.89. The van der Waals surface area contributed by atoms with Crippen LogP contribution in [0.4, 0.5) is 0 Å². The number of amides is 1. The van der Waals surface area contributed by atoms with E-state index < -0.39 is 5.41 Å². The number of rotatable bonds is 4. The fraction of sp³-hybridized carbons (Fsp3) is 0.429. The number of benzene rings is 1. The van der Waals surface area contributed by atoms with E-state index in [9.17, 15) is 4.79 Å². The van der Waals surface area contributed by atoms with Gasteiger partial charge >= 0.3 is 0 Å². The van der Waals surface area contributed by atoms with Crippen LogP contribution >= 0.6 is 43.5 Å². The molecule has 0 unspecified atom stereocenters. The van der Waals surface area contributed by atoms with Crippen molar-refractivity contribution < 1.29 is 4.79 Å². The summed E-state index contributed by atoms with van der Waals surface area (Å²) < 4.78 is -0.310. The zero-order valence-electron chi connectivity index (χ0n) is 11.2. The third-order valence-corrected chi connectivity index (χ3v) is 6.09. The second-order valence-corrected chi connectivity index (χ2v) is 9.28. The molecule has 1 aliphatic rings. The first-order valence-electron chi connectivity index (χ1n) is 6.31. The van der Waals surface area contributed by atoms with Gasteiger partial charge in [0.25, 0.3) is 0 Å². The fourth-order valence-corrected chi connectivity index (χ4v) is 3.58. The van der Waals surface area contributed by atoms with Gasteiger partial charge in [-0.3, -0.25) is 4.79 Å². The predicted octanol–water partition coefficient (Wildman–Crippen LogP) is 4.47. The van der Waals surface area contributed by atoms with Gasteiger partial charge in [0.05, 0.1) is 14.4 Å². The van der Waals surface area contributed by atoms with Crippen molar-refractivity contribution in [3.8, 4) is 0 Å². The molecule has 1 atom stereocenters. The Balaban J connectivity index is 2.12. The number of halogens is 3. The number of hydrazone groups is 1. The average molecular weight is 423 g/mol. The van der Waals surface area contributed by atoms with E-state index in [0.29, 0.717) is 11.4 Å². The number of carbonyl (C=O) groups is 1. The molecule has 1 aliphatic carbocycles. The Morgan fingerprint density at radius 2 is 2.15 bits per heavy atom. The van der Waals surface area contributed by atoms with E-state index in [2.05, 4.69) is 42.4 Å². The number of nitrogens with zero attached hydrogens (tertiary/aromatic N) is 1. The molecule has 0 aliphatic heterocycles. The normalized spacial score (nSPS) is 24.4. The molecule has 1 saturated carbocycles. The number of nitrogens with one attached hydrogen (secondary N) is 1. The fourth-order valence-electron chi connectivity index (χ4n) is 1.90. The molecule has 6 heteroatoms. The Hall–Kier alpha value is -0.390. The number of hydrogen-bond acceptors (Lipinski definition) is 2. The highest BCUT2D eigenvalue weighted by molar-refractivity contribution is 9.25. The van der Waals surface area contributed by atoms with Gasteiger partial charge in [-0.05, 0) is 37.5 Å². The van der Waals surface area contributed by atoms with Gasteiger partial charge in [-0.1, -0.05) is 62.5 Å². The summed E-state index contributed by atoms with van der Waals surface area (Å²) in [5.41, 5.74) is 3.91. The Kier molecular flexibility index (Phi) is 4.62. The minimum Gasteiger partial charge on any atom is -0.272 e. The second kappa shape index (κ2) is 5.78. The third-order valence-electron chi connectivity index (χ3n) is 3.54. The van der Waals surface area contributed by atoms with E-state index in [1.165, 1.54) is 0 Å². The van der Waals surface area contributed by atoms with Crippen LogP contribution < -0.4 is 5.43 Å². The van der Waals surface area contributed by atoms with Gasteiger partial charge in [-0.15, -0.1) is 0 Å². The number of carbonyl (C=O) groups excluding carboxylic acids is 1. The minimum absolute atomic E-state index is 0.0979. The average Bonchev–Trinajstić information content (AvgIpc) is 2.90. The van der Waals surface area contributed by atoms with Gasteiger partial charge in [0.15, 0.2) is 0 Å². The highest BCUT2D eigenvalue weighted by Crippen LogP contribution is 2.66. The topological polar surface area (TPSA) is 41.5 Å². The van der Waals surface area contributed by atoms with Crippen molar-refractivity contribution in [3.63, 3.8) is 0 Å². The zero-order valence-corrected chi connectivity index (χ0v) is 15.1. The number of hydrogen-bond donors (Lipinski definition) is 1. The molecule has 0 bridgehead atoms. The maximum atomic E-state index is 12.2. The van der Waals surface area contributed by atoms with E-state index in [4.69, 9.17) is 11.6 Å². The molecular formula is C14H15Br2ClN2O. The van der Waals surface area contributed by atoms with Crippen LogP contribution in [-0.2, 0) is 4.79 Å². The second-order valence-electron chi connectivity index (χ2n) is 5.08. The molecule has 2 rings (SSSR count). The van der Waals surface area contributed by atoms with Crippen molar-refractivity contribution >= 4 is 55.1 Å². The smallest absolute Gasteiger partial charge is 0.248 e. The summed E-state index contributed by atoms with van der Waals surface area (Å²) >= 11 is 12.9. The van der Waals surface area contributed by atoms with Gasteiger partial charge in [-0.25, -0.2) is 5.43 Å². The summed E-state index contributed by atoms with van der Waals surface area (Å²) in [4.78, 5) is 12.2. The molecule has 0 heterocycles. The first-order valence-corrected chi connectivity index (χ1v) is 8.27. The van der Waals surface area contributed by atoms with Gasteiger partial charge in [-0.2, -0.15) is 5.10 Å². The predicted molar refractivity (Wildman–Crippen MR) is 89.7 cm³/mol. The first kappa shape index (κ1) is 16.0. The summed E-state index contributed by atoms with van der Waals surface area (Å²) in [6.07, 6.45) is 1.45. The van der Waals surface area contributed by atoms with Crippen molar-refractivity contribution in [2.75, 3.05) is 0 Å². The Bertz CT molecular complexity index is 574. The molecule has 20 heavy (non-hydrogen) atoms. The van der Waals surface area contributed by atoms with Crippen LogP contribution in [-0.4, -0.2) is 14.9 Å². The maximum Gasteiger partial charge on any atom is 0.248 e. The molecule has 1 fully saturated rings. The SMILES string of the molecule is CC/C(=N/NC(=O)[C@]1(C)CC1(Br)Br)c1cccc(Cl)c1. The molecule has 1 amide bonds. The van der Waals surface area contributed by atoms with E-state index in [-0.39, 0.29) is 9.14 Å². The monoisotopic (exact) mass is 420 g/mol. The van der Waals surface area contributed by atoms with Gasteiger partial charge in [0.1, 0.15) is 0 Å². The highest BCUT2D eigenvalue weighted by atomic mass is 79.9. The van der Waals surface area contributed by atoms with Crippen molar-refractivity contribution in [2.24, 2.45) is 10.5 Å². The molecule has 0 aromatic heterocycles. The van der Waals surface area contributed by atoms with Gasteiger partial charge in [0, 0.05) is 5.02 Å². The first-order chi connectivity index (χ1) is 9.30. The molecule has 3 nitrogen and oxygen atoms in total. The van der Waals surface area contributed by atoms with E-state index in [1.807, 2.05) is 38.1 Å². The summed E-state index contributed by atoms with van der Waals surface area (Å²) in [6, 6.07) is 7.45. The molecule has 0 spiro atoms. The Morgan fingerprint density at radius 3 is 2.65 bits per heavy atom. The Labute approximate surface area is 140 Å². The van der Waals surface area contributed by atoms with Crippen molar-refractivity contribution in [1.82, 2.24) is 5.43 Å². The van der Waals surface area contributed by atoms with E-state index >= 15 is 0 Å². The van der Waals surface area contributed by atoms with Crippen molar-refractivity contribution in [2.45, 2.75) is 29.9 Å². The van der Waals surface area contributed by atoms with Crippen molar-refractivity contribution in [1.29, 1.82) is 0 Å². The lowest BCUT2D eigenvalue weighted by atomic mass is 10.1. The van der Waals surface area contributed by atoms with Crippen LogP contribution in [0, 0.1) is 5.41 Å². The van der Waals surface area contributed by atoms with Crippen LogP contribution in [0.25, 0.3) is 0 Å². The van der Waals surface area contributed by atoms with Crippen LogP contribution in [0.3, 0.4) is 0 Å². The highest BCUT2D eigenvalue weighted by Gasteiger charge is 2.66. The summed E-state index contributed by atoms with van der Waals surface area (Å²) in [5, 5.41) is 4.90. The number of alkyl halides is 2. The largest absolute Gasteiger partial charge is 0.272 e. The van der Waals surface area contributed by atoms with Crippen LogP contribution in [0.2, 0.25) is 5.02 Å². The summed E-state index contributed by atoms with van der Waals surface area (Å²) in [7, 11) is 0. The summed E-state index contributed by atoms with van der Waals surface area (Å²) in [5.74, 6) is -0.0979. The molecule has 1 N–H and O–H groups in total. The van der Waals surface area contributed by atoms with Crippen molar-refractivity contribution in [3.05, 3.63) is 34.9 Å². The molecule has 108 valence electrons. The molecule has 0 radical (unpaired) electrons. The lowest BCUT2D eigenvalue weighted by Crippen LogP contribution is -2.30. The zero-order chi connectivity index (χ0) is 15.0. The lowest BCUT2D eigenvalue weighted by Gasteiger charge is -2.11. The van der Waals surface area contributed by atoms with Crippen LogP contribution in [0.5, 0.6) is 0 Å². The van der Waals surface area contributed by atoms with Gasteiger partial charge < -0.3 is 0 Å². The van der Waals surface area contributed by atoms with Crippen LogP contribution in [0.1, 0.15) is 32.3 Å². The van der Waals surface area contributed by atoms with Crippen LogP contribution in [0.15, 0.2) is 29.4 Å². The molecule has 1 aromatic rings. The van der Waals surface area contributed by atoms with Gasteiger partial charge in [0.2, 0.25) is 5.91 Å². The maximum absolute atomic E-state index is 12.2. The lowest BCUT2D eigenvalue weighted by molar-refractivity contribution is -0.125. The molecule has 0 saturated heterocycles. The third kappa shape index (κ3) is 3.10.